The second-order valence-electron chi connectivity index (χ2n) is 13.6. The van der Waals surface area contributed by atoms with E-state index in [4.69, 9.17) is 4.55 Å². The van der Waals surface area contributed by atoms with Gasteiger partial charge in [-0.3, -0.25) is 9.35 Å². The SMILES string of the molecule is C[C@H](C[C@@H](C)[C@H]1CCC2C3C(CC[C@@]21C)[C@@]1(C)CC[C@@H](O)CC1[C@@H](C)[C@H]3O)C(=O)NCCS(=O)(=O)O. The lowest BCUT2D eigenvalue weighted by molar-refractivity contribution is -0.199. The Balaban J connectivity index is 1.45. The molecule has 4 fully saturated rings. The van der Waals surface area contributed by atoms with Gasteiger partial charge in [-0.1, -0.05) is 34.6 Å². The zero-order valence-electron chi connectivity index (χ0n) is 22.8. The number of fused-ring (bicyclic) bond motifs is 5. The average molecular weight is 528 g/mol. The second kappa shape index (κ2) is 10.1. The molecule has 4 unspecified atom stereocenters. The minimum atomic E-state index is -4.08. The number of aliphatic hydroxyl groups is 2. The zero-order valence-corrected chi connectivity index (χ0v) is 23.6. The summed E-state index contributed by atoms with van der Waals surface area (Å²) in [6, 6.07) is 0. The third kappa shape index (κ3) is 5.01. The van der Waals surface area contributed by atoms with Crippen LogP contribution < -0.4 is 5.32 Å². The van der Waals surface area contributed by atoms with E-state index >= 15 is 0 Å². The summed E-state index contributed by atoms with van der Waals surface area (Å²) in [6.45, 7) is 11.2. The van der Waals surface area contributed by atoms with Crippen molar-refractivity contribution in [1.82, 2.24) is 5.32 Å². The van der Waals surface area contributed by atoms with Crippen LogP contribution in [0.5, 0.6) is 0 Å². The van der Waals surface area contributed by atoms with Gasteiger partial charge < -0.3 is 15.5 Å². The lowest BCUT2D eigenvalue weighted by Crippen LogP contribution is -2.61. The van der Waals surface area contributed by atoms with Crippen LogP contribution in [0.3, 0.4) is 0 Å². The molecule has 4 rings (SSSR count). The molecule has 8 heteroatoms. The van der Waals surface area contributed by atoms with Gasteiger partial charge in [0.25, 0.3) is 10.1 Å². The van der Waals surface area contributed by atoms with Gasteiger partial charge in [-0.05, 0) is 104 Å². The highest BCUT2D eigenvalue weighted by molar-refractivity contribution is 7.85. The van der Waals surface area contributed by atoms with Crippen molar-refractivity contribution in [3.8, 4) is 0 Å². The van der Waals surface area contributed by atoms with Crippen molar-refractivity contribution in [2.24, 2.45) is 58.2 Å². The molecule has 12 atom stereocenters. The van der Waals surface area contributed by atoms with Crippen LogP contribution in [0.1, 0.15) is 86.0 Å². The topological polar surface area (TPSA) is 124 Å². The second-order valence-corrected chi connectivity index (χ2v) is 15.2. The van der Waals surface area contributed by atoms with Crippen molar-refractivity contribution in [3.63, 3.8) is 0 Å². The molecule has 0 aromatic rings. The van der Waals surface area contributed by atoms with Crippen molar-refractivity contribution >= 4 is 16.0 Å². The molecule has 0 spiro atoms. The van der Waals surface area contributed by atoms with Crippen molar-refractivity contribution in [1.29, 1.82) is 0 Å². The van der Waals surface area contributed by atoms with Crippen LogP contribution in [-0.2, 0) is 14.9 Å². The number of carbonyl (C=O) groups excluding carboxylic acids is 1. The van der Waals surface area contributed by atoms with Crippen LogP contribution >= 0.6 is 0 Å². The molecule has 0 aromatic heterocycles. The molecule has 0 radical (unpaired) electrons. The Bertz CT molecular complexity index is 925. The first kappa shape index (κ1) is 28.3. The summed E-state index contributed by atoms with van der Waals surface area (Å²) in [7, 11) is -4.08. The van der Waals surface area contributed by atoms with E-state index in [1.807, 2.05) is 6.92 Å². The number of hydrogen-bond acceptors (Lipinski definition) is 5. The Morgan fingerprint density at radius 2 is 1.64 bits per heavy atom. The first-order valence-electron chi connectivity index (χ1n) is 14.3. The average Bonchev–Trinajstić information content (AvgIpc) is 3.14. The first-order chi connectivity index (χ1) is 16.7. The van der Waals surface area contributed by atoms with E-state index in [1.165, 1.54) is 0 Å². The summed E-state index contributed by atoms with van der Waals surface area (Å²) >= 11 is 0. The van der Waals surface area contributed by atoms with E-state index in [9.17, 15) is 23.4 Å². The molecule has 7 nitrogen and oxygen atoms in total. The molecule has 1 amide bonds. The van der Waals surface area contributed by atoms with Crippen LogP contribution in [0.2, 0.25) is 0 Å². The number of amides is 1. The minimum Gasteiger partial charge on any atom is -0.393 e. The Morgan fingerprint density at radius 3 is 2.31 bits per heavy atom. The molecule has 4 aliphatic rings. The largest absolute Gasteiger partial charge is 0.393 e. The molecule has 208 valence electrons. The maximum atomic E-state index is 12.6. The van der Waals surface area contributed by atoms with E-state index < -0.39 is 15.9 Å². The van der Waals surface area contributed by atoms with Crippen molar-refractivity contribution < 1.29 is 28.0 Å². The van der Waals surface area contributed by atoms with Gasteiger partial charge in [0.2, 0.25) is 5.91 Å². The highest BCUT2D eigenvalue weighted by Gasteiger charge is 2.64. The predicted molar refractivity (Wildman–Crippen MR) is 140 cm³/mol. The lowest BCUT2D eigenvalue weighted by atomic mass is 9.42. The molecule has 4 N–H and O–H groups in total. The molecule has 0 saturated heterocycles. The molecular weight excluding hydrogens is 478 g/mol. The van der Waals surface area contributed by atoms with E-state index in [-0.39, 0.29) is 47.3 Å². The third-order valence-corrected chi connectivity index (χ3v) is 12.4. The fourth-order valence-electron chi connectivity index (χ4n) is 9.93. The Morgan fingerprint density at radius 1 is 1.00 bits per heavy atom. The quantitative estimate of drug-likeness (QED) is 0.373. The summed E-state index contributed by atoms with van der Waals surface area (Å²) in [6.07, 6.45) is 7.52. The highest BCUT2D eigenvalue weighted by atomic mass is 32.2. The number of nitrogens with one attached hydrogen (secondary N) is 1. The van der Waals surface area contributed by atoms with Gasteiger partial charge in [-0.15, -0.1) is 0 Å². The molecule has 0 aliphatic heterocycles. The van der Waals surface area contributed by atoms with E-state index in [0.717, 1.165) is 51.4 Å². The van der Waals surface area contributed by atoms with E-state index in [1.54, 1.807) is 0 Å². The van der Waals surface area contributed by atoms with Gasteiger partial charge >= 0.3 is 0 Å². The van der Waals surface area contributed by atoms with E-state index in [2.05, 4.69) is 33.0 Å². The van der Waals surface area contributed by atoms with Crippen LogP contribution in [0, 0.1) is 58.2 Å². The minimum absolute atomic E-state index is 0.0739. The molecule has 36 heavy (non-hydrogen) atoms. The number of carbonyl (C=O) groups is 1. The highest BCUT2D eigenvalue weighted by Crippen LogP contribution is 2.69. The fourth-order valence-corrected chi connectivity index (χ4v) is 10.3. The lowest BCUT2D eigenvalue weighted by Gasteiger charge is -2.64. The number of hydrogen-bond donors (Lipinski definition) is 4. The van der Waals surface area contributed by atoms with E-state index in [0.29, 0.717) is 35.5 Å². The summed E-state index contributed by atoms with van der Waals surface area (Å²) < 4.78 is 30.8. The summed E-state index contributed by atoms with van der Waals surface area (Å²) in [5.74, 6) is 1.90. The Kier molecular flexibility index (Phi) is 7.96. The van der Waals surface area contributed by atoms with Crippen molar-refractivity contribution in [2.75, 3.05) is 12.3 Å². The van der Waals surface area contributed by atoms with Crippen LogP contribution in [0.25, 0.3) is 0 Å². The van der Waals surface area contributed by atoms with Crippen LogP contribution in [0.15, 0.2) is 0 Å². The standard InChI is InChI=1S/C28H49NO6S/c1-16(14-17(2)26(32)29-12-13-36(33,34)35)20-6-7-21-24-22(9-11-27(20,21)4)28(5)10-8-19(30)15-23(28)18(3)25(24)31/h16-25,30-31H,6-15H2,1-5H3,(H,29,32)(H,33,34,35)/t16-,17-,18-,19-,20-,21?,22?,23?,24?,25-,27-,28-/m1/s1. The van der Waals surface area contributed by atoms with Gasteiger partial charge in [0.05, 0.1) is 18.0 Å². The smallest absolute Gasteiger partial charge is 0.266 e. The number of aliphatic hydroxyl groups excluding tert-OH is 2. The van der Waals surface area contributed by atoms with Gasteiger partial charge in [-0.25, -0.2) is 0 Å². The Hall–Kier alpha value is -0.700. The third-order valence-electron chi connectivity index (χ3n) is 11.7. The first-order valence-corrected chi connectivity index (χ1v) is 15.9. The van der Waals surface area contributed by atoms with Crippen molar-refractivity contribution in [2.45, 2.75) is 98.2 Å². The zero-order chi connectivity index (χ0) is 26.6. The molecule has 4 aliphatic carbocycles. The summed E-state index contributed by atoms with van der Waals surface area (Å²) in [4.78, 5) is 12.6. The number of rotatable bonds is 7. The maximum absolute atomic E-state index is 12.6. The summed E-state index contributed by atoms with van der Waals surface area (Å²) in [5, 5.41) is 24.7. The van der Waals surface area contributed by atoms with Crippen LogP contribution in [-0.4, -0.2) is 53.6 Å². The fraction of sp³-hybridized carbons (Fsp3) is 0.964. The van der Waals surface area contributed by atoms with Gasteiger partial charge in [0, 0.05) is 12.5 Å². The van der Waals surface area contributed by atoms with Gasteiger partial charge in [0.15, 0.2) is 0 Å². The summed E-state index contributed by atoms with van der Waals surface area (Å²) in [5.41, 5.74) is 0.349. The maximum Gasteiger partial charge on any atom is 0.266 e. The normalized spacial score (nSPS) is 46.2. The predicted octanol–water partition coefficient (Wildman–Crippen LogP) is 3.89. The molecular formula is C28H49NO6S. The monoisotopic (exact) mass is 527 g/mol. The van der Waals surface area contributed by atoms with Crippen LogP contribution in [0.4, 0.5) is 0 Å². The van der Waals surface area contributed by atoms with Gasteiger partial charge in [0.1, 0.15) is 0 Å². The Labute approximate surface area is 217 Å². The molecule has 4 saturated carbocycles. The molecule has 0 aromatic carbocycles. The molecule has 0 bridgehead atoms. The molecule has 0 heterocycles. The van der Waals surface area contributed by atoms with Crippen molar-refractivity contribution in [3.05, 3.63) is 0 Å². The van der Waals surface area contributed by atoms with Gasteiger partial charge in [-0.2, -0.15) is 8.42 Å².